The van der Waals surface area contributed by atoms with Crippen molar-refractivity contribution in [1.82, 2.24) is 0 Å². The Labute approximate surface area is 207 Å². The first-order chi connectivity index (χ1) is 15.5. The SMILES string of the molecule is N#Cc1cc(Cl)cc(Oc2c(Br)ccc(CC(=O)Nc3ccc(S(N)(=O)=O)cc3Cl)c2F)c1. The average Bonchev–Trinajstić information content (AvgIpc) is 2.73. The fourth-order valence-corrected chi connectivity index (χ4v) is 4.19. The number of nitrogens with two attached hydrogens (primary N) is 1. The lowest BCUT2D eigenvalue weighted by Gasteiger charge is -2.13. The van der Waals surface area contributed by atoms with Crippen molar-refractivity contribution in [2.45, 2.75) is 11.3 Å². The molecule has 0 unspecified atom stereocenters. The predicted octanol–water partition coefficient (Wildman–Crippen LogP) is 5.39. The maximum absolute atomic E-state index is 15.1. The monoisotopic (exact) mass is 571 g/mol. The third-order valence-electron chi connectivity index (χ3n) is 4.24. The first kappa shape index (κ1) is 25.0. The summed E-state index contributed by atoms with van der Waals surface area (Å²) in [5.74, 6) is -1.46. The van der Waals surface area contributed by atoms with Crippen molar-refractivity contribution in [2.24, 2.45) is 5.14 Å². The van der Waals surface area contributed by atoms with Gasteiger partial charge in [0.2, 0.25) is 15.9 Å². The molecule has 1 amide bonds. The van der Waals surface area contributed by atoms with E-state index in [9.17, 15) is 13.2 Å². The molecule has 0 aromatic heterocycles. The Hall–Kier alpha value is -2.68. The van der Waals surface area contributed by atoms with Gasteiger partial charge in [0, 0.05) is 10.6 Å². The zero-order valence-corrected chi connectivity index (χ0v) is 20.3. The number of halogens is 4. The molecule has 0 saturated carbocycles. The number of carbonyl (C=O) groups excluding carboxylic acids is 1. The summed E-state index contributed by atoms with van der Waals surface area (Å²) >= 11 is 15.2. The highest BCUT2D eigenvalue weighted by Gasteiger charge is 2.18. The molecule has 7 nitrogen and oxygen atoms in total. The Kier molecular flexibility index (Phi) is 7.62. The first-order valence-electron chi connectivity index (χ1n) is 8.95. The molecular formula is C21H13BrCl2FN3O4S. The Morgan fingerprint density at radius 1 is 1.18 bits per heavy atom. The molecule has 0 saturated heterocycles. The second kappa shape index (κ2) is 10.1. The van der Waals surface area contributed by atoms with Crippen LogP contribution in [0.15, 0.2) is 57.9 Å². The predicted molar refractivity (Wildman–Crippen MR) is 125 cm³/mol. The average molecular weight is 573 g/mol. The summed E-state index contributed by atoms with van der Waals surface area (Å²) in [6.07, 6.45) is -0.373. The van der Waals surface area contributed by atoms with E-state index in [1.807, 2.05) is 6.07 Å². The summed E-state index contributed by atoms with van der Waals surface area (Å²) < 4.78 is 43.8. The summed E-state index contributed by atoms with van der Waals surface area (Å²) in [7, 11) is -3.96. The molecule has 0 aliphatic rings. The fraction of sp³-hybridized carbons (Fsp3) is 0.0476. The van der Waals surface area contributed by atoms with Gasteiger partial charge >= 0.3 is 0 Å². The maximum Gasteiger partial charge on any atom is 0.238 e. The number of ether oxygens (including phenoxy) is 1. The van der Waals surface area contributed by atoms with Crippen LogP contribution in [0.2, 0.25) is 10.0 Å². The van der Waals surface area contributed by atoms with E-state index in [1.54, 1.807) is 0 Å². The number of anilines is 1. The van der Waals surface area contributed by atoms with E-state index >= 15 is 4.39 Å². The molecule has 33 heavy (non-hydrogen) atoms. The third-order valence-corrected chi connectivity index (χ3v) is 6.31. The number of nitrogens with zero attached hydrogens (tertiary/aromatic N) is 1. The van der Waals surface area contributed by atoms with E-state index in [0.717, 1.165) is 6.07 Å². The lowest BCUT2D eigenvalue weighted by atomic mass is 10.1. The van der Waals surface area contributed by atoms with Gasteiger partial charge in [0.15, 0.2) is 11.6 Å². The molecule has 0 bridgehead atoms. The van der Waals surface area contributed by atoms with E-state index in [0.29, 0.717) is 0 Å². The van der Waals surface area contributed by atoms with Crippen molar-refractivity contribution < 1.29 is 22.3 Å². The van der Waals surface area contributed by atoms with Gasteiger partial charge < -0.3 is 10.1 Å². The molecule has 0 fully saturated rings. The smallest absolute Gasteiger partial charge is 0.238 e. The standard InChI is InChI=1S/C21H13BrCl2FN3O4S/c22-16-3-1-12(20(25)21(16)32-14-6-11(10-26)5-13(23)8-14)7-19(29)28-18-4-2-15(9-17(18)24)33(27,30)31/h1-6,8-9H,7H2,(H,28,29)(H2,27,30,31). The highest BCUT2D eigenvalue weighted by Crippen LogP contribution is 2.36. The lowest BCUT2D eigenvalue weighted by molar-refractivity contribution is -0.115. The Morgan fingerprint density at radius 2 is 1.91 bits per heavy atom. The third kappa shape index (κ3) is 6.22. The molecule has 0 aliphatic carbocycles. The van der Waals surface area contributed by atoms with Gasteiger partial charge in [-0.1, -0.05) is 29.3 Å². The van der Waals surface area contributed by atoms with Crippen LogP contribution in [-0.2, 0) is 21.2 Å². The first-order valence-corrected chi connectivity index (χ1v) is 12.0. The molecule has 0 spiro atoms. The lowest BCUT2D eigenvalue weighted by Crippen LogP contribution is -2.16. The summed E-state index contributed by atoms with van der Waals surface area (Å²) in [6.45, 7) is 0. The molecule has 3 N–H and O–H groups in total. The zero-order chi connectivity index (χ0) is 24.3. The number of nitrogens with one attached hydrogen (secondary N) is 1. The summed E-state index contributed by atoms with van der Waals surface area (Å²) in [4.78, 5) is 12.2. The van der Waals surface area contributed by atoms with E-state index < -0.39 is 21.7 Å². The molecule has 0 atom stereocenters. The van der Waals surface area contributed by atoms with Crippen molar-refractivity contribution >= 4 is 60.7 Å². The second-order valence-electron chi connectivity index (χ2n) is 6.65. The van der Waals surface area contributed by atoms with Crippen molar-refractivity contribution in [3.63, 3.8) is 0 Å². The van der Waals surface area contributed by atoms with Gasteiger partial charge in [0.05, 0.1) is 38.1 Å². The number of sulfonamides is 1. The van der Waals surface area contributed by atoms with E-state index in [4.69, 9.17) is 38.3 Å². The number of amides is 1. The number of benzene rings is 3. The number of carbonyl (C=O) groups is 1. The van der Waals surface area contributed by atoms with Gasteiger partial charge in [-0.3, -0.25) is 4.79 Å². The Bertz CT molecular complexity index is 1410. The van der Waals surface area contributed by atoms with E-state index in [1.165, 1.54) is 42.5 Å². The number of primary sulfonamides is 1. The van der Waals surface area contributed by atoms with Crippen molar-refractivity contribution in [3.05, 3.63) is 80.0 Å². The van der Waals surface area contributed by atoms with Crippen LogP contribution in [0.1, 0.15) is 11.1 Å². The summed E-state index contributed by atoms with van der Waals surface area (Å²) in [5.41, 5.74) is 0.381. The van der Waals surface area contributed by atoms with Crippen LogP contribution in [0.5, 0.6) is 11.5 Å². The van der Waals surface area contributed by atoms with Crippen LogP contribution < -0.4 is 15.2 Å². The van der Waals surface area contributed by atoms with Gasteiger partial charge in [-0.15, -0.1) is 0 Å². The second-order valence-corrected chi connectivity index (χ2v) is 9.91. The largest absolute Gasteiger partial charge is 0.453 e. The summed E-state index contributed by atoms with van der Waals surface area (Å²) in [6, 6.07) is 12.6. The van der Waals surface area contributed by atoms with E-state index in [-0.39, 0.29) is 54.1 Å². The molecule has 3 aromatic rings. The van der Waals surface area contributed by atoms with Crippen molar-refractivity contribution in [1.29, 1.82) is 5.26 Å². The Morgan fingerprint density at radius 3 is 2.55 bits per heavy atom. The molecule has 3 rings (SSSR count). The van der Waals surface area contributed by atoms with Crippen LogP contribution in [0, 0.1) is 17.1 Å². The molecule has 170 valence electrons. The minimum absolute atomic E-state index is 0.0190. The highest BCUT2D eigenvalue weighted by atomic mass is 79.9. The molecule has 12 heteroatoms. The normalized spacial score (nSPS) is 11.0. The molecule has 0 aliphatic heterocycles. The minimum atomic E-state index is -3.96. The maximum atomic E-state index is 15.1. The Balaban J connectivity index is 1.82. The van der Waals surface area contributed by atoms with Crippen LogP contribution >= 0.6 is 39.1 Å². The van der Waals surface area contributed by atoms with Crippen LogP contribution in [0.3, 0.4) is 0 Å². The summed E-state index contributed by atoms with van der Waals surface area (Å²) in [5, 5.41) is 16.8. The van der Waals surface area contributed by atoms with Crippen LogP contribution in [-0.4, -0.2) is 14.3 Å². The fourth-order valence-electron chi connectivity index (χ4n) is 2.75. The topological polar surface area (TPSA) is 122 Å². The van der Waals surface area contributed by atoms with Gasteiger partial charge in [0.25, 0.3) is 0 Å². The highest BCUT2D eigenvalue weighted by molar-refractivity contribution is 9.10. The van der Waals surface area contributed by atoms with Crippen molar-refractivity contribution in [3.8, 4) is 17.6 Å². The van der Waals surface area contributed by atoms with Crippen LogP contribution in [0.25, 0.3) is 0 Å². The number of hydrogen-bond acceptors (Lipinski definition) is 5. The number of rotatable bonds is 6. The number of nitriles is 1. The zero-order valence-electron chi connectivity index (χ0n) is 16.4. The number of hydrogen-bond donors (Lipinski definition) is 2. The van der Waals surface area contributed by atoms with Gasteiger partial charge in [-0.25, -0.2) is 17.9 Å². The van der Waals surface area contributed by atoms with Crippen molar-refractivity contribution in [2.75, 3.05) is 5.32 Å². The molecule has 3 aromatic carbocycles. The quantitative estimate of drug-likeness (QED) is 0.410. The molecule has 0 radical (unpaired) electrons. The molecular weight excluding hydrogens is 560 g/mol. The van der Waals surface area contributed by atoms with Gasteiger partial charge in [-0.2, -0.15) is 5.26 Å². The van der Waals surface area contributed by atoms with Gasteiger partial charge in [-0.05, 0) is 58.4 Å². The molecule has 0 heterocycles. The minimum Gasteiger partial charge on any atom is -0.453 e. The van der Waals surface area contributed by atoms with Gasteiger partial charge in [0.1, 0.15) is 5.75 Å². The van der Waals surface area contributed by atoms with Crippen LogP contribution in [0.4, 0.5) is 10.1 Å². The van der Waals surface area contributed by atoms with E-state index in [2.05, 4.69) is 21.2 Å².